The van der Waals surface area contributed by atoms with Gasteiger partial charge in [0, 0.05) is 18.6 Å². The summed E-state index contributed by atoms with van der Waals surface area (Å²) in [5.41, 5.74) is 5.09. The highest BCUT2D eigenvalue weighted by atomic mass is 16.1. The molecule has 0 aromatic carbocycles. The van der Waals surface area contributed by atoms with Crippen molar-refractivity contribution in [3.05, 3.63) is 0 Å². The third-order valence-corrected chi connectivity index (χ3v) is 5.17. The molecule has 0 spiro atoms. The maximum absolute atomic E-state index is 11.8. The minimum absolute atomic E-state index is 0.212. The second-order valence-corrected chi connectivity index (χ2v) is 7.46. The van der Waals surface area contributed by atoms with Crippen LogP contribution in [0.3, 0.4) is 0 Å². The Kier molecular flexibility index (Phi) is 4.75. The number of carbonyl (C=O) groups excluding carboxylic acids is 1. The second-order valence-electron chi connectivity index (χ2n) is 7.46. The Morgan fingerprint density at radius 3 is 2.45 bits per heavy atom. The first kappa shape index (κ1) is 15.8. The topological polar surface area (TPSA) is 58.4 Å². The zero-order chi connectivity index (χ0) is 14.9. The maximum atomic E-state index is 11.8. The number of likely N-dealkylation sites (tertiary alicyclic amines) is 1. The van der Waals surface area contributed by atoms with Gasteiger partial charge in [0.2, 0.25) is 5.91 Å². The van der Waals surface area contributed by atoms with Crippen molar-refractivity contribution in [2.24, 2.45) is 17.6 Å². The van der Waals surface area contributed by atoms with Gasteiger partial charge in [-0.15, -0.1) is 0 Å². The van der Waals surface area contributed by atoms with E-state index in [1.165, 1.54) is 19.3 Å². The van der Waals surface area contributed by atoms with Gasteiger partial charge in [0.05, 0.1) is 5.54 Å². The summed E-state index contributed by atoms with van der Waals surface area (Å²) in [6.45, 7) is 11.1. The molecule has 3 atom stereocenters. The average Bonchev–Trinajstić information content (AvgIpc) is 3.01. The summed E-state index contributed by atoms with van der Waals surface area (Å²) in [7, 11) is 0. The quantitative estimate of drug-likeness (QED) is 0.747. The fraction of sp³-hybridized carbons (Fsp3) is 0.938. The van der Waals surface area contributed by atoms with Crippen molar-refractivity contribution in [3.63, 3.8) is 0 Å². The SMILES string of the molecule is CC(C)C1CCN(C(C)CC(C)(NC2CC2)C(N)=O)C1. The predicted octanol–water partition coefficient (Wildman–Crippen LogP) is 1.74. The molecule has 0 radical (unpaired) electrons. The Labute approximate surface area is 123 Å². The van der Waals surface area contributed by atoms with Crippen molar-refractivity contribution in [1.29, 1.82) is 0 Å². The maximum Gasteiger partial charge on any atom is 0.237 e. The molecule has 20 heavy (non-hydrogen) atoms. The van der Waals surface area contributed by atoms with Crippen LogP contribution in [-0.2, 0) is 4.79 Å². The number of nitrogens with one attached hydrogen (secondary N) is 1. The smallest absolute Gasteiger partial charge is 0.237 e. The Hall–Kier alpha value is -0.610. The highest BCUT2D eigenvalue weighted by Crippen LogP contribution is 2.29. The second kappa shape index (κ2) is 6.02. The molecule has 2 fully saturated rings. The number of carbonyl (C=O) groups is 1. The van der Waals surface area contributed by atoms with Crippen molar-refractivity contribution < 1.29 is 4.79 Å². The number of rotatable bonds is 7. The van der Waals surface area contributed by atoms with Gasteiger partial charge in [0.1, 0.15) is 0 Å². The van der Waals surface area contributed by atoms with Crippen molar-refractivity contribution in [2.75, 3.05) is 13.1 Å². The molecule has 1 aliphatic heterocycles. The lowest BCUT2D eigenvalue weighted by molar-refractivity contribution is -0.124. The molecule has 1 saturated heterocycles. The minimum Gasteiger partial charge on any atom is -0.368 e. The Bertz CT molecular complexity index is 354. The Balaban J connectivity index is 1.91. The summed E-state index contributed by atoms with van der Waals surface area (Å²) in [6, 6.07) is 0.907. The van der Waals surface area contributed by atoms with Crippen LogP contribution in [0.4, 0.5) is 0 Å². The summed E-state index contributed by atoms with van der Waals surface area (Å²) < 4.78 is 0. The first-order valence-corrected chi connectivity index (χ1v) is 8.13. The molecule has 2 rings (SSSR count). The van der Waals surface area contributed by atoms with Crippen LogP contribution in [0.5, 0.6) is 0 Å². The van der Waals surface area contributed by atoms with E-state index < -0.39 is 5.54 Å². The third kappa shape index (κ3) is 3.73. The lowest BCUT2D eigenvalue weighted by Gasteiger charge is -2.34. The number of hydrogen-bond acceptors (Lipinski definition) is 3. The monoisotopic (exact) mass is 281 g/mol. The van der Waals surface area contributed by atoms with Crippen molar-refractivity contribution >= 4 is 5.91 Å². The molecule has 0 bridgehead atoms. The van der Waals surface area contributed by atoms with Crippen LogP contribution in [0.15, 0.2) is 0 Å². The van der Waals surface area contributed by atoms with Gasteiger partial charge in [0.15, 0.2) is 0 Å². The Morgan fingerprint density at radius 2 is 2.00 bits per heavy atom. The first-order valence-electron chi connectivity index (χ1n) is 8.13. The van der Waals surface area contributed by atoms with Crippen LogP contribution in [0, 0.1) is 11.8 Å². The van der Waals surface area contributed by atoms with E-state index in [1.54, 1.807) is 0 Å². The lowest BCUT2D eigenvalue weighted by atomic mass is 9.91. The lowest BCUT2D eigenvalue weighted by Crippen LogP contribution is -2.57. The molecule has 1 saturated carbocycles. The molecular weight excluding hydrogens is 250 g/mol. The van der Waals surface area contributed by atoms with Gasteiger partial charge in [-0.05, 0) is 57.9 Å². The van der Waals surface area contributed by atoms with Crippen LogP contribution in [0.2, 0.25) is 0 Å². The number of nitrogens with zero attached hydrogens (tertiary/aromatic N) is 1. The first-order chi connectivity index (χ1) is 9.32. The van der Waals surface area contributed by atoms with Crippen LogP contribution in [-0.4, -0.2) is 41.5 Å². The number of primary amides is 1. The fourth-order valence-electron chi connectivity index (χ4n) is 3.39. The van der Waals surface area contributed by atoms with Gasteiger partial charge in [0.25, 0.3) is 0 Å². The largest absolute Gasteiger partial charge is 0.368 e. The van der Waals surface area contributed by atoms with Crippen LogP contribution >= 0.6 is 0 Å². The summed E-state index contributed by atoms with van der Waals surface area (Å²) in [6.07, 6.45) is 4.45. The highest BCUT2D eigenvalue weighted by Gasteiger charge is 2.40. The molecule has 4 nitrogen and oxygen atoms in total. The molecule has 0 aromatic rings. The van der Waals surface area contributed by atoms with Gasteiger partial charge in [-0.3, -0.25) is 4.79 Å². The molecule has 2 aliphatic rings. The molecule has 1 amide bonds. The van der Waals surface area contributed by atoms with E-state index in [9.17, 15) is 4.79 Å². The molecule has 3 N–H and O–H groups in total. The van der Waals surface area contributed by atoms with Crippen LogP contribution in [0.1, 0.15) is 53.4 Å². The number of hydrogen-bond donors (Lipinski definition) is 2. The van der Waals surface area contributed by atoms with E-state index in [0.29, 0.717) is 12.1 Å². The molecule has 116 valence electrons. The Morgan fingerprint density at radius 1 is 1.35 bits per heavy atom. The molecule has 3 unspecified atom stereocenters. The predicted molar refractivity (Wildman–Crippen MR) is 82.4 cm³/mol. The zero-order valence-electron chi connectivity index (χ0n) is 13.5. The summed E-state index contributed by atoms with van der Waals surface area (Å²) in [5.74, 6) is 1.34. The van der Waals surface area contributed by atoms with Crippen molar-refractivity contribution in [2.45, 2.75) is 71.0 Å². The highest BCUT2D eigenvalue weighted by molar-refractivity contribution is 5.84. The third-order valence-electron chi connectivity index (χ3n) is 5.17. The molecule has 4 heteroatoms. The average molecular weight is 281 g/mol. The van der Waals surface area contributed by atoms with E-state index in [2.05, 4.69) is 31.0 Å². The summed E-state index contributed by atoms with van der Waals surface area (Å²) in [4.78, 5) is 14.4. The van der Waals surface area contributed by atoms with E-state index in [0.717, 1.165) is 31.3 Å². The van der Waals surface area contributed by atoms with Gasteiger partial charge >= 0.3 is 0 Å². The minimum atomic E-state index is -0.559. The van der Waals surface area contributed by atoms with Crippen molar-refractivity contribution in [1.82, 2.24) is 10.2 Å². The number of nitrogens with two attached hydrogens (primary N) is 1. The van der Waals surface area contributed by atoms with E-state index in [1.807, 2.05) is 6.92 Å². The molecule has 0 aromatic heterocycles. The summed E-state index contributed by atoms with van der Waals surface area (Å²) >= 11 is 0. The van der Waals surface area contributed by atoms with Gasteiger partial charge in [-0.2, -0.15) is 0 Å². The summed E-state index contributed by atoms with van der Waals surface area (Å²) in [5, 5.41) is 3.45. The van der Waals surface area contributed by atoms with Crippen molar-refractivity contribution in [3.8, 4) is 0 Å². The van der Waals surface area contributed by atoms with E-state index in [4.69, 9.17) is 5.73 Å². The van der Waals surface area contributed by atoms with Crippen LogP contribution < -0.4 is 11.1 Å². The molecule has 1 aliphatic carbocycles. The molecule has 1 heterocycles. The standard InChI is InChI=1S/C16H31N3O/c1-11(2)13-7-8-19(10-13)12(3)9-16(4,15(17)20)18-14-5-6-14/h11-14,18H,5-10H2,1-4H3,(H2,17,20). The van der Waals surface area contributed by atoms with Crippen LogP contribution in [0.25, 0.3) is 0 Å². The van der Waals surface area contributed by atoms with Gasteiger partial charge < -0.3 is 16.0 Å². The van der Waals surface area contributed by atoms with Gasteiger partial charge in [-0.1, -0.05) is 13.8 Å². The van der Waals surface area contributed by atoms with E-state index >= 15 is 0 Å². The molecular formula is C16H31N3O. The fourth-order valence-corrected chi connectivity index (χ4v) is 3.39. The van der Waals surface area contributed by atoms with E-state index in [-0.39, 0.29) is 5.91 Å². The zero-order valence-corrected chi connectivity index (χ0v) is 13.5. The number of amides is 1. The van der Waals surface area contributed by atoms with Gasteiger partial charge in [-0.25, -0.2) is 0 Å². The normalized spacial score (nSPS) is 28.6.